The lowest BCUT2D eigenvalue weighted by Crippen LogP contribution is -2.39. The quantitative estimate of drug-likeness (QED) is 0.378. The van der Waals surface area contributed by atoms with Crippen LogP contribution in [-0.4, -0.2) is 21.7 Å². The molecule has 1 aliphatic heterocycles. The highest BCUT2D eigenvalue weighted by Crippen LogP contribution is 2.39. The number of aromatic nitrogens is 1. The number of ether oxygens (including phenoxy) is 2. The summed E-state index contributed by atoms with van der Waals surface area (Å²) in [6.07, 6.45) is 2.85. The predicted octanol–water partition coefficient (Wildman–Crippen LogP) is 4.79. The van der Waals surface area contributed by atoms with E-state index in [4.69, 9.17) is 14.6 Å². The molecule has 0 saturated heterocycles. The summed E-state index contributed by atoms with van der Waals surface area (Å²) >= 11 is 7.24. The molecular formula is C14H20I3NO3. The topological polar surface area (TPSA) is 51.6 Å². The van der Waals surface area contributed by atoms with Crippen molar-refractivity contribution in [3.63, 3.8) is 0 Å². The molecule has 0 radical (unpaired) electrons. The van der Waals surface area contributed by atoms with Crippen LogP contribution in [-0.2, 0) is 6.61 Å². The van der Waals surface area contributed by atoms with E-state index in [0.717, 1.165) is 5.69 Å². The van der Waals surface area contributed by atoms with Gasteiger partial charge in [0.25, 0.3) is 0 Å². The zero-order chi connectivity index (χ0) is 16.3. The fourth-order valence-corrected chi connectivity index (χ4v) is 1.54. The van der Waals surface area contributed by atoms with E-state index in [0.29, 0.717) is 23.1 Å². The Morgan fingerprint density at radius 1 is 1.33 bits per heavy atom. The minimum Gasteiger partial charge on any atom is -0.485 e. The molecule has 4 nitrogen and oxygen atoms in total. The number of fused-ring (bicyclic) bond motifs is 1. The number of alkyl halides is 3. The number of aryl methyl sites for hydroxylation is 1. The Labute approximate surface area is 167 Å². The van der Waals surface area contributed by atoms with Crippen LogP contribution in [0.15, 0.2) is 6.20 Å². The lowest BCUT2D eigenvalue weighted by Gasteiger charge is -2.33. The van der Waals surface area contributed by atoms with Crippen molar-refractivity contribution < 1.29 is 14.6 Å². The number of halogens is 3. The molecule has 1 aromatic heterocycles. The van der Waals surface area contributed by atoms with Crippen molar-refractivity contribution in [3.05, 3.63) is 17.5 Å². The molecule has 0 atom stereocenters. The molecule has 1 aliphatic rings. The molecule has 0 aromatic carbocycles. The average molecular weight is 631 g/mol. The molecule has 0 saturated carbocycles. The first kappa shape index (κ1) is 19.9. The van der Waals surface area contributed by atoms with Gasteiger partial charge in [-0.25, -0.2) is 0 Å². The summed E-state index contributed by atoms with van der Waals surface area (Å²) in [5.74, 6) is 1.28. The SMILES string of the molecule is CCC(I)(I)I.Cc1ncc(CO)c2c1OC(C)(C)CO2. The monoisotopic (exact) mass is 631 g/mol. The first-order valence-electron chi connectivity index (χ1n) is 6.57. The summed E-state index contributed by atoms with van der Waals surface area (Å²) in [5, 5.41) is 9.14. The molecular weight excluding hydrogens is 611 g/mol. The van der Waals surface area contributed by atoms with Crippen LogP contribution in [0.25, 0.3) is 0 Å². The van der Waals surface area contributed by atoms with Gasteiger partial charge in [-0.05, 0) is 27.2 Å². The Kier molecular flexibility index (Phi) is 7.73. The van der Waals surface area contributed by atoms with Gasteiger partial charge in [0.05, 0.1) is 12.3 Å². The molecule has 1 N–H and O–H groups in total. The van der Waals surface area contributed by atoms with Crippen LogP contribution in [0.4, 0.5) is 0 Å². The lowest BCUT2D eigenvalue weighted by molar-refractivity contribution is 0.0183. The summed E-state index contributed by atoms with van der Waals surface area (Å²) in [4.78, 5) is 4.16. The number of nitrogens with zero attached hydrogens (tertiary/aromatic N) is 1. The summed E-state index contributed by atoms with van der Waals surface area (Å²) < 4.78 is 11.9. The second-order valence-corrected chi connectivity index (χ2v) is 17.0. The van der Waals surface area contributed by atoms with Crippen molar-refractivity contribution in [1.29, 1.82) is 0 Å². The minimum atomic E-state index is -0.340. The van der Waals surface area contributed by atoms with Gasteiger partial charge in [0.2, 0.25) is 0 Å². The molecule has 0 bridgehead atoms. The highest BCUT2D eigenvalue weighted by Gasteiger charge is 2.31. The van der Waals surface area contributed by atoms with Crippen molar-refractivity contribution in [2.45, 2.75) is 45.8 Å². The van der Waals surface area contributed by atoms with Gasteiger partial charge >= 0.3 is 0 Å². The molecule has 120 valence electrons. The van der Waals surface area contributed by atoms with Crippen molar-refractivity contribution in [1.82, 2.24) is 4.98 Å². The molecule has 7 heteroatoms. The van der Waals surface area contributed by atoms with Gasteiger partial charge in [-0.1, -0.05) is 74.7 Å². The van der Waals surface area contributed by atoms with Gasteiger partial charge in [-0.3, -0.25) is 4.98 Å². The standard InChI is InChI=1S/C11H15NO3.C3H5I3/c1-7-9-10(8(5-13)4-12-7)14-6-11(2,3)15-9;1-2-3(4,5)6/h4,13H,5-6H2,1-3H3;2H2,1H3. The van der Waals surface area contributed by atoms with Crippen molar-refractivity contribution in [2.75, 3.05) is 6.61 Å². The van der Waals surface area contributed by atoms with Crippen LogP contribution in [0.1, 0.15) is 38.4 Å². The van der Waals surface area contributed by atoms with Gasteiger partial charge < -0.3 is 14.6 Å². The zero-order valence-corrected chi connectivity index (χ0v) is 19.0. The number of hydrogen-bond acceptors (Lipinski definition) is 4. The Hall–Kier alpha value is 0.900. The van der Waals surface area contributed by atoms with E-state index < -0.39 is 0 Å². The number of hydrogen-bond donors (Lipinski definition) is 1. The predicted molar refractivity (Wildman–Crippen MR) is 110 cm³/mol. The number of rotatable bonds is 2. The van der Waals surface area contributed by atoms with E-state index in [1.807, 2.05) is 20.8 Å². The van der Waals surface area contributed by atoms with Crippen LogP contribution in [0.2, 0.25) is 0 Å². The molecule has 21 heavy (non-hydrogen) atoms. The molecule has 0 amide bonds. The van der Waals surface area contributed by atoms with E-state index in [9.17, 15) is 0 Å². The maximum Gasteiger partial charge on any atom is 0.183 e. The van der Waals surface area contributed by atoms with Crippen LogP contribution in [0, 0.1) is 6.92 Å². The average Bonchev–Trinajstić information content (AvgIpc) is 2.39. The van der Waals surface area contributed by atoms with Crippen LogP contribution < -0.4 is 9.47 Å². The summed E-state index contributed by atoms with van der Waals surface area (Å²) in [7, 11) is 0. The maximum absolute atomic E-state index is 9.14. The third-order valence-corrected chi connectivity index (χ3v) is 5.04. The normalized spacial score (nSPS) is 16.0. The lowest BCUT2D eigenvalue weighted by atomic mass is 10.1. The van der Waals surface area contributed by atoms with Gasteiger partial charge in [-0.15, -0.1) is 0 Å². The third-order valence-electron chi connectivity index (χ3n) is 2.75. The number of pyridine rings is 1. The second-order valence-electron chi connectivity index (χ2n) is 5.30. The molecule has 0 unspecified atom stereocenters. The molecule has 2 rings (SSSR count). The molecule has 2 heterocycles. The Bertz CT molecular complexity index is 487. The van der Waals surface area contributed by atoms with Crippen LogP contribution >= 0.6 is 67.8 Å². The summed E-state index contributed by atoms with van der Waals surface area (Å²) in [6, 6.07) is 0. The third kappa shape index (κ3) is 6.50. The van der Waals surface area contributed by atoms with E-state index in [2.05, 4.69) is 79.7 Å². The summed E-state index contributed by atoms with van der Waals surface area (Å²) in [5.41, 5.74) is 1.12. The number of aliphatic hydroxyl groups excluding tert-OH is 1. The van der Waals surface area contributed by atoms with E-state index >= 15 is 0 Å². The fraction of sp³-hybridized carbons (Fsp3) is 0.643. The largest absolute Gasteiger partial charge is 0.485 e. The number of aliphatic hydroxyl groups is 1. The zero-order valence-electron chi connectivity index (χ0n) is 12.5. The fourth-order valence-electron chi connectivity index (χ4n) is 1.54. The van der Waals surface area contributed by atoms with Gasteiger partial charge in [0, 0.05) is 11.8 Å². The Balaban J connectivity index is 0.000000315. The Morgan fingerprint density at radius 3 is 2.38 bits per heavy atom. The smallest absolute Gasteiger partial charge is 0.183 e. The molecule has 0 aliphatic carbocycles. The highest BCUT2D eigenvalue weighted by molar-refractivity contribution is 14.3. The van der Waals surface area contributed by atoms with E-state index in [1.54, 1.807) is 6.20 Å². The van der Waals surface area contributed by atoms with Gasteiger partial charge in [0.15, 0.2) is 11.5 Å². The molecule has 1 aromatic rings. The summed E-state index contributed by atoms with van der Waals surface area (Å²) in [6.45, 7) is 8.37. The molecule has 0 fully saturated rings. The van der Waals surface area contributed by atoms with Crippen molar-refractivity contribution in [3.8, 4) is 11.5 Å². The van der Waals surface area contributed by atoms with Crippen LogP contribution in [0.5, 0.6) is 11.5 Å². The van der Waals surface area contributed by atoms with E-state index in [1.165, 1.54) is 6.42 Å². The van der Waals surface area contributed by atoms with Crippen LogP contribution in [0.3, 0.4) is 0 Å². The van der Waals surface area contributed by atoms with Gasteiger partial charge in [-0.2, -0.15) is 0 Å². The highest BCUT2D eigenvalue weighted by atomic mass is 127. The second kappa shape index (κ2) is 8.13. The van der Waals surface area contributed by atoms with Crippen molar-refractivity contribution >= 4 is 67.8 Å². The Morgan fingerprint density at radius 2 is 1.90 bits per heavy atom. The van der Waals surface area contributed by atoms with Gasteiger partial charge in [0.1, 0.15) is 11.6 Å². The maximum atomic E-state index is 9.14. The van der Waals surface area contributed by atoms with E-state index in [-0.39, 0.29) is 12.2 Å². The minimum absolute atomic E-state index is 0.0839. The van der Waals surface area contributed by atoms with Crippen molar-refractivity contribution in [2.24, 2.45) is 0 Å². The molecule has 0 spiro atoms. The first-order chi connectivity index (χ1) is 9.59. The first-order valence-corrected chi connectivity index (χ1v) is 9.81.